The van der Waals surface area contributed by atoms with E-state index < -0.39 is 0 Å². The summed E-state index contributed by atoms with van der Waals surface area (Å²) < 4.78 is 5.65. The van der Waals surface area contributed by atoms with Gasteiger partial charge in [-0.25, -0.2) is 0 Å². The van der Waals surface area contributed by atoms with Crippen LogP contribution in [0.1, 0.15) is 45.1 Å². The lowest BCUT2D eigenvalue weighted by Gasteiger charge is -2.42. The summed E-state index contributed by atoms with van der Waals surface area (Å²) in [5.41, 5.74) is 1.67. The molecule has 17 heavy (non-hydrogen) atoms. The quantitative estimate of drug-likeness (QED) is 0.812. The van der Waals surface area contributed by atoms with E-state index in [9.17, 15) is 0 Å². The molecule has 1 N–H and O–H groups in total. The molecule has 1 aliphatic rings. The van der Waals surface area contributed by atoms with E-state index in [-0.39, 0.29) is 0 Å². The summed E-state index contributed by atoms with van der Waals surface area (Å²) in [4.78, 5) is 0. The van der Waals surface area contributed by atoms with Crippen LogP contribution >= 0.6 is 0 Å². The number of para-hydroxylation sites is 1. The normalized spacial score (nSPS) is 17.5. The highest BCUT2D eigenvalue weighted by Gasteiger charge is 2.34. The Labute approximate surface area is 104 Å². The minimum atomic E-state index is 0.402. The van der Waals surface area contributed by atoms with Gasteiger partial charge in [-0.1, -0.05) is 25.1 Å². The number of benzene rings is 1. The van der Waals surface area contributed by atoms with Gasteiger partial charge < -0.3 is 10.1 Å². The maximum atomic E-state index is 5.65. The van der Waals surface area contributed by atoms with E-state index in [1.54, 1.807) is 0 Å². The van der Waals surface area contributed by atoms with Crippen LogP contribution in [0.25, 0.3) is 0 Å². The van der Waals surface area contributed by atoms with Crippen LogP contribution in [0.2, 0.25) is 0 Å². The first kappa shape index (κ1) is 12.4. The molecule has 0 bridgehead atoms. The highest BCUT2D eigenvalue weighted by Crippen LogP contribution is 2.35. The topological polar surface area (TPSA) is 21.3 Å². The Morgan fingerprint density at radius 1 is 1.24 bits per heavy atom. The van der Waals surface area contributed by atoms with E-state index in [2.05, 4.69) is 30.4 Å². The van der Waals surface area contributed by atoms with Crippen molar-refractivity contribution in [2.75, 3.05) is 6.61 Å². The van der Waals surface area contributed by atoms with E-state index in [1.807, 2.05) is 13.0 Å². The summed E-state index contributed by atoms with van der Waals surface area (Å²) in [6.45, 7) is 5.96. The fraction of sp³-hybridized carbons (Fsp3) is 0.600. The lowest BCUT2D eigenvalue weighted by Crippen LogP contribution is -2.49. The molecule has 0 atom stereocenters. The first-order chi connectivity index (χ1) is 8.29. The molecule has 0 aromatic heterocycles. The Hall–Kier alpha value is -1.02. The zero-order valence-corrected chi connectivity index (χ0v) is 11.0. The predicted molar refractivity (Wildman–Crippen MR) is 71.3 cm³/mol. The van der Waals surface area contributed by atoms with E-state index in [0.29, 0.717) is 5.54 Å². The Morgan fingerprint density at radius 3 is 2.59 bits per heavy atom. The lowest BCUT2D eigenvalue weighted by molar-refractivity contribution is 0.174. The second-order valence-electron chi connectivity index (χ2n) is 4.88. The smallest absolute Gasteiger partial charge is 0.123 e. The van der Waals surface area contributed by atoms with Crippen LogP contribution in [0.3, 0.4) is 0 Å². The van der Waals surface area contributed by atoms with Crippen molar-refractivity contribution in [3.05, 3.63) is 29.8 Å². The van der Waals surface area contributed by atoms with Crippen molar-refractivity contribution in [2.24, 2.45) is 0 Å². The molecule has 0 amide bonds. The maximum Gasteiger partial charge on any atom is 0.123 e. The van der Waals surface area contributed by atoms with Crippen molar-refractivity contribution < 1.29 is 4.74 Å². The van der Waals surface area contributed by atoms with Gasteiger partial charge in [0.05, 0.1) is 6.61 Å². The molecule has 2 rings (SSSR count). The van der Waals surface area contributed by atoms with Gasteiger partial charge in [0.2, 0.25) is 0 Å². The molecule has 94 valence electrons. The highest BCUT2D eigenvalue weighted by molar-refractivity contribution is 5.33. The van der Waals surface area contributed by atoms with Crippen LogP contribution in [0, 0.1) is 0 Å². The summed E-state index contributed by atoms with van der Waals surface area (Å²) in [6.07, 6.45) is 5.23. The minimum absolute atomic E-state index is 0.402. The van der Waals surface area contributed by atoms with Crippen molar-refractivity contribution in [3.63, 3.8) is 0 Å². The van der Waals surface area contributed by atoms with Crippen molar-refractivity contribution in [1.82, 2.24) is 5.32 Å². The van der Waals surface area contributed by atoms with Gasteiger partial charge in [0.25, 0.3) is 0 Å². The first-order valence-corrected chi connectivity index (χ1v) is 6.75. The maximum absolute atomic E-state index is 5.65. The zero-order valence-electron chi connectivity index (χ0n) is 11.0. The van der Waals surface area contributed by atoms with Crippen LogP contribution in [0.15, 0.2) is 24.3 Å². The average molecular weight is 233 g/mol. The molecule has 1 saturated carbocycles. The van der Waals surface area contributed by atoms with Crippen LogP contribution in [-0.2, 0) is 6.54 Å². The van der Waals surface area contributed by atoms with Gasteiger partial charge in [-0.05, 0) is 38.7 Å². The molecule has 0 radical (unpaired) electrons. The third-order valence-electron chi connectivity index (χ3n) is 3.91. The molecule has 0 spiro atoms. The summed E-state index contributed by atoms with van der Waals surface area (Å²) in [6, 6.07) is 8.33. The molecular formula is C15H23NO. The van der Waals surface area contributed by atoms with E-state index in [0.717, 1.165) is 18.9 Å². The summed E-state index contributed by atoms with van der Waals surface area (Å²) >= 11 is 0. The van der Waals surface area contributed by atoms with Crippen molar-refractivity contribution >= 4 is 0 Å². The van der Waals surface area contributed by atoms with Gasteiger partial charge in [-0.15, -0.1) is 0 Å². The molecular weight excluding hydrogens is 210 g/mol. The largest absolute Gasteiger partial charge is 0.494 e. The first-order valence-electron chi connectivity index (χ1n) is 6.75. The summed E-state index contributed by atoms with van der Waals surface area (Å²) in [5, 5.41) is 3.72. The highest BCUT2D eigenvalue weighted by atomic mass is 16.5. The molecule has 0 unspecified atom stereocenters. The number of ether oxygens (including phenoxy) is 1. The molecule has 1 aliphatic carbocycles. The Bertz CT molecular complexity index is 352. The van der Waals surface area contributed by atoms with Crippen LogP contribution in [0.5, 0.6) is 5.75 Å². The van der Waals surface area contributed by atoms with Crippen LogP contribution in [0.4, 0.5) is 0 Å². The van der Waals surface area contributed by atoms with Gasteiger partial charge in [-0.2, -0.15) is 0 Å². The summed E-state index contributed by atoms with van der Waals surface area (Å²) in [7, 11) is 0. The molecule has 0 aliphatic heterocycles. The van der Waals surface area contributed by atoms with Gasteiger partial charge in [-0.3, -0.25) is 0 Å². The molecule has 0 saturated heterocycles. The van der Waals surface area contributed by atoms with E-state index in [1.165, 1.54) is 31.2 Å². The van der Waals surface area contributed by atoms with Crippen molar-refractivity contribution in [2.45, 2.75) is 51.6 Å². The zero-order chi connectivity index (χ0) is 12.1. The lowest BCUT2D eigenvalue weighted by atomic mass is 9.75. The molecule has 1 aromatic rings. The predicted octanol–water partition coefficient (Wildman–Crippen LogP) is 3.51. The molecule has 1 aromatic carbocycles. The summed E-state index contributed by atoms with van der Waals surface area (Å²) in [5.74, 6) is 1.02. The van der Waals surface area contributed by atoms with Gasteiger partial charge in [0.1, 0.15) is 5.75 Å². The third kappa shape index (κ3) is 2.81. The number of nitrogens with one attached hydrogen (secondary N) is 1. The SMILES string of the molecule is CCOc1ccccc1CNC1(CC)CCC1. The number of hydrogen-bond donors (Lipinski definition) is 1. The van der Waals surface area contributed by atoms with Crippen molar-refractivity contribution in [3.8, 4) is 5.75 Å². The van der Waals surface area contributed by atoms with Crippen LogP contribution in [-0.4, -0.2) is 12.1 Å². The second-order valence-corrected chi connectivity index (χ2v) is 4.88. The molecule has 1 fully saturated rings. The van der Waals surface area contributed by atoms with Gasteiger partial charge in [0, 0.05) is 17.6 Å². The fourth-order valence-corrected chi connectivity index (χ4v) is 2.49. The van der Waals surface area contributed by atoms with Gasteiger partial charge >= 0.3 is 0 Å². The molecule has 0 heterocycles. The second kappa shape index (κ2) is 5.54. The molecule has 2 nitrogen and oxygen atoms in total. The van der Waals surface area contributed by atoms with Crippen LogP contribution < -0.4 is 10.1 Å². The standard InChI is InChI=1S/C15H23NO/c1-3-15(10-7-11-15)16-12-13-8-5-6-9-14(13)17-4-2/h5-6,8-9,16H,3-4,7,10-12H2,1-2H3. The third-order valence-corrected chi connectivity index (χ3v) is 3.91. The Morgan fingerprint density at radius 2 is 2.00 bits per heavy atom. The Balaban J connectivity index is 1.98. The minimum Gasteiger partial charge on any atom is -0.494 e. The van der Waals surface area contributed by atoms with Gasteiger partial charge in [0.15, 0.2) is 0 Å². The van der Waals surface area contributed by atoms with E-state index in [4.69, 9.17) is 4.74 Å². The van der Waals surface area contributed by atoms with Crippen molar-refractivity contribution in [1.29, 1.82) is 0 Å². The number of rotatable bonds is 6. The Kier molecular flexibility index (Phi) is 4.06. The monoisotopic (exact) mass is 233 g/mol. The molecule has 2 heteroatoms. The number of hydrogen-bond acceptors (Lipinski definition) is 2. The average Bonchev–Trinajstić information content (AvgIpc) is 2.31. The van der Waals surface area contributed by atoms with E-state index >= 15 is 0 Å². The fourth-order valence-electron chi connectivity index (χ4n) is 2.49.